The van der Waals surface area contributed by atoms with Crippen molar-refractivity contribution in [3.8, 4) is 0 Å². The molecule has 5 nitrogen and oxygen atoms in total. The lowest BCUT2D eigenvalue weighted by Gasteiger charge is -2.37. The number of carbonyl (C=O) groups is 1. The summed E-state index contributed by atoms with van der Waals surface area (Å²) < 4.78 is 14.8. The van der Waals surface area contributed by atoms with Gasteiger partial charge in [-0.05, 0) is 43.2 Å². The molecule has 1 saturated heterocycles. The van der Waals surface area contributed by atoms with Crippen LogP contribution in [0.3, 0.4) is 0 Å². The largest absolute Gasteiger partial charge is 0.388 e. The van der Waals surface area contributed by atoms with Crippen molar-refractivity contribution >= 4 is 16.7 Å². The van der Waals surface area contributed by atoms with E-state index in [1.807, 2.05) is 40.0 Å². The van der Waals surface area contributed by atoms with Gasteiger partial charge >= 0.3 is 0 Å². The number of halogens is 1. The van der Waals surface area contributed by atoms with Gasteiger partial charge in [0.1, 0.15) is 5.82 Å². The van der Waals surface area contributed by atoms with Gasteiger partial charge in [0, 0.05) is 24.0 Å². The molecule has 0 amide bonds. The normalized spacial score (nSPS) is 17.3. The zero-order valence-corrected chi connectivity index (χ0v) is 15.0. The maximum Gasteiger partial charge on any atom is 0.176 e. The summed E-state index contributed by atoms with van der Waals surface area (Å²) in [7, 11) is 0. The van der Waals surface area contributed by atoms with Crippen molar-refractivity contribution < 1.29 is 14.3 Å². The molecule has 0 bridgehead atoms. The number of benzene rings is 2. The van der Waals surface area contributed by atoms with Crippen LogP contribution in [0.15, 0.2) is 54.7 Å². The molecule has 0 aliphatic carbocycles. The summed E-state index contributed by atoms with van der Waals surface area (Å²) in [5.41, 5.74) is 0.699. The third kappa shape index (κ3) is 3.91. The van der Waals surface area contributed by atoms with Crippen molar-refractivity contribution in [2.75, 3.05) is 19.6 Å². The minimum atomic E-state index is -0.829. The number of likely N-dealkylation sites (tertiary alicyclic amines) is 1. The van der Waals surface area contributed by atoms with E-state index in [0.29, 0.717) is 38.0 Å². The molecule has 0 saturated carbocycles. The standard InChI is InChI=1S/C21H22FN3O2/c22-18-7-5-16(6-8-18)20(26)14-24-11-9-21(27,10-12-24)15-25-19-4-2-1-3-17(19)13-23-25/h1-8,13,27H,9-12,14-15H2. The summed E-state index contributed by atoms with van der Waals surface area (Å²) in [6.45, 7) is 2.01. The van der Waals surface area contributed by atoms with E-state index in [1.54, 1.807) is 0 Å². The minimum absolute atomic E-state index is 0.0292. The summed E-state index contributed by atoms with van der Waals surface area (Å²) in [6.07, 6.45) is 2.98. The van der Waals surface area contributed by atoms with Crippen molar-refractivity contribution in [1.29, 1.82) is 0 Å². The van der Waals surface area contributed by atoms with Gasteiger partial charge in [0.15, 0.2) is 5.78 Å². The number of ketones is 1. The highest BCUT2D eigenvalue weighted by molar-refractivity contribution is 5.97. The van der Waals surface area contributed by atoms with E-state index in [2.05, 4.69) is 5.10 Å². The molecule has 4 rings (SSSR count). The van der Waals surface area contributed by atoms with E-state index in [0.717, 1.165) is 10.9 Å². The number of fused-ring (bicyclic) bond motifs is 1. The fourth-order valence-electron chi connectivity index (χ4n) is 3.65. The van der Waals surface area contributed by atoms with Crippen LogP contribution in [0.5, 0.6) is 0 Å². The van der Waals surface area contributed by atoms with Gasteiger partial charge in [-0.2, -0.15) is 5.10 Å². The van der Waals surface area contributed by atoms with Crippen molar-refractivity contribution in [3.05, 3.63) is 66.1 Å². The average Bonchev–Trinajstić information content (AvgIpc) is 3.07. The van der Waals surface area contributed by atoms with Crippen LogP contribution in [0.2, 0.25) is 0 Å². The highest BCUT2D eigenvalue weighted by Crippen LogP contribution is 2.26. The van der Waals surface area contributed by atoms with Crippen molar-refractivity contribution in [3.63, 3.8) is 0 Å². The minimum Gasteiger partial charge on any atom is -0.388 e. The first-order chi connectivity index (χ1) is 13.0. The number of hydrogen-bond acceptors (Lipinski definition) is 4. The van der Waals surface area contributed by atoms with Gasteiger partial charge in [0.05, 0.1) is 30.4 Å². The fraction of sp³-hybridized carbons (Fsp3) is 0.333. The first-order valence-corrected chi connectivity index (χ1v) is 9.17. The second kappa shape index (κ2) is 7.21. The van der Waals surface area contributed by atoms with E-state index in [9.17, 15) is 14.3 Å². The molecule has 0 radical (unpaired) electrons. The van der Waals surface area contributed by atoms with Crippen LogP contribution in [0.1, 0.15) is 23.2 Å². The number of aromatic nitrogens is 2. The molecule has 1 N–H and O–H groups in total. The summed E-state index contributed by atoms with van der Waals surface area (Å²) in [5, 5.41) is 16.5. The van der Waals surface area contributed by atoms with E-state index >= 15 is 0 Å². The molecular formula is C21H22FN3O2. The van der Waals surface area contributed by atoms with Crippen LogP contribution in [-0.4, -0.2) is 50.8 Å². The number of nitrogens with zero attached hydrogens (tertiary/aromatic N) is 3. The summed E-state index contributed by atoms with van der Waals surface area (Å²) in [6, 6.07) is 13.6. The van der Waals surface area contributed by atoms with Gasteiger partial charge in [-0.15, -0.1) is 0 Å². The molecule has 0 unspecified atom stereocenters. The Balaban J connectivity index is 1.36. The monoisotopic (exact) mass is 367 g/mol. The van der Waals surface area contributed by atoms with Crippen molar-refractivity contribution in [1.82, 2.24) is 14.7 Å². The van der Waals surface area contributed by atoms with Gasteiger partial charge in [0.25, 0.3) is 0 Å². The predicted octanol–water partition coefficient (Wildman–Crippen LogP) is 2.89. The number of rotatable bonds is 5. The Morgan fingerprint density at radius 2 is 1.81 bits per heavy atom. The van der Waals surface area contributed by atoms with Gasteiger partial charge in [-0.1, -0.05) is 18.2 Å². The van der Waals surface area contributed by atoms with Crippen LogP contribution >= 0.6 is 0 Å². The zero-order valence-electron chi connectivity index (χ0n) is 15.0. The molecule has 1 aliphatic heterocycles. The van der Waals surface area contributed by atoms with Crippen LogP contribution in [0.4, 0.5) is 4.39 Å². The highest BCUT2D eigenvalue weighted by Gasteiger charge is 2.33. The second-order valence-corrected chi connectivity index (χ2v) is 7.29. The lowest BCUT2D eigenvalue weighted by molar-refractivity contribution is -0.0342. The Morgan fingerprint density at radius 1 is 1.11 bits per heavy atom. The van der Waals surface area contributed by atoms with E-state index in [1.165, 1.54) is 24.3 Å². The first kappa shape index (κ1) is 17.8. The van der Waals surface area contributed by atoms with E-state index in [-0.39, 0.29) is 18.1 Å². The molecule has 0 atom stereocenters. The molecule has 1 aromatic heterocycles. The van der Waals surface area contributed by atoms with Crippen LogP contribution in [0.25, 0.3) is 10.9 Å². The Bertz CT molecular complexity index is 943. The Labute approximate surface area is 157 Å². The quantitative estimate of drug-likeness (QED) is 0.705. The average molecular weight is 367 g/mol. The Kier molecular flexibility index (Phi) is 4.76. The van der Waals surface area contributed by atoms with Gasteiger partial charge in [0.2, 0.25) is 0 Å². The summed E-state index contributed by atoms with van der Waals surface area (Å²) in [5.74, 6) is -0.376. The number of aliphatic hydroxyl groups is 1. The first-order valence-electron chi connectivity index (χ1n) is 9.17. The third-order valence-electron chi connectivity index (χ3n) is 5.32. The molecule has 27 heavy (non-hydrogen) atoms. The van der Waals surface area contributed by atoms with Gasteiger partial charge < -0.3 is 5.11 Å². The predicted molar refractivity (Wildman–Crippen MR) is 101 cm³/mol. The summed E-state index contributed by atoms with van der Waals surface area (Å²) in [4.78, 5) is 14.4. The smallest absolute Gasteiger partial charge is 0.176 e. The molecule has 140 valence electrons. The number of para-hydroxylation sites is 1. The molecular weight excluding hydrogens is 345 g/mol. The summed E-state index contributed by atoms with van der Waals surface area (Å²) >= 11 is 0. The number of piperidine rings is 1. The van der Waals surface area contributed by atoms with Crippen LogP contribution in [-0.2, 0) is 6.54 Å². The molecule has 1 fully saturated rings. The van der Waals surface area contributed by atoms with Crippen molar-refractivity contribution in [2.45, 2.75) is 25.0 Å². The molecule has 1 aliphatic rings. The number of carbonyl (C=O) groups excluding carboxylic acids is 1. The maximum atomic E-state index is 13.0. The molecule has 6 heteroatoms. The topological polar surface area (TPSA) is 58.4 Å². The zero-order chi connectivity index (χ0) is 18.9. The number of Topliss-reactive ketones (excluding diaryl/α,β-unsaturated/α-hetero) is 1. The van der Waals surface area contributed by atoms with E-state index < -0.39 is 5.60 Å². The maximum absolute atomic E-state index is 13.0. The number of hydrogen-bond donors (Lipinski definition) is 1. The molecule has 3 aromatic rings. The SMILES string of the molecule is O=C(CN1CCC(O)(Cn2ncc3ccccc32)CC1)c1ccc(F)cc1. The lowest BCUT2D eigenvalue weighted by Crippen LogP contribution is -2.48. The highest BCUT2D eigenvalue weighted by atomic mass is 19.1. The Hall–Kier alpha value is -2.57. The van der Waals surface area contributed by atoms with E-state index in [4.69, 9.17) is 0 Å². The third-order valence-corrected chi connectivity index (χ3v) is 5.32. The molecule has 0 spiro atoms. The fourth-order valence-corrected chi connectivity index (χ4v) is 3.65. The van der Waals surface area contributed by atoms with Crippen molar-refractivity contribution in [2.24, 2.45) is 0 Å². The Morgan fingerprint density at radius 3 is 2.56 bits per heavy atom. The second-order valence-electron chi connectivity index (χ2n) is 7.29. The molecule has 2 heterocycles. The van der Waals surface area contributed by atoms with Gasteiger partial charge in [-0.25, -0.2) is 4.39 Å². The lowest BCUT2D eigenvalue weighted by atomic mass is 9.91. The molecule has 2 aromatic carbocycles. The van der Waals surface area contributed by atoms with Crippen LogP contribution in [0, 0.1) is 5.82 Å². The van der Waals surface area contributed by atoms with Crippen LogP contribution < -0.4 is 0 Å². The van der Waals surface area contributed by atoms with Gasteiger partial charge in [-0.3, -0.25) is 14.4 Å².